The van der Waals surface area contributed by atoms with Gasteiger partial charge in [0.2, 0.25) is 0 Å². The lowest BCUT2D eigenvalue weighted by Crippen LogP contribution is -2.23. The summed E-state index contributed by atoms with van der Waals surface area (Å²) >= 11 is 0. The summed E-state index contributed by atoms with van der Waals surface area (Å²) in [6.45, 7) is 6.82. The second-order valence-corrected chi connectivity index (χ2v) is 8.81. The first kappa shape index (κ1) is 28.6. The van der Waals surface area contributed by atoms with Crippen LogP contribution in [0.5, 0.6) is 11.5 Å². The second kappa shape index (κ2) is 11.6. The maximum atomic E-state index is 13.9. The van der Waals surface area contributed by atoms with Crippen LogP contribution in [0.25, 0.3) is 0 Å². The molecule has 38 heavy (non-hydrogen) atoms. The summed E-state index contributed by atoms with van der Waals surface area (Å²) in [5.41, 5.74) is 1.73. The van der Waals surface area contributed by atoms with Gasteiger partial charge in [-0.2, -0.15) is 17.6 Å². The van der Waals surface area contributed by atoms with Crippen LogP contribution in [0.2, 0.25) is 0 Å². The summed E-state index contributed by atoms with van der Waals surface area (Å²) in [7, 11) is 0. The molecule has 8 heteroatoms. The molecule has 0 aliphatic rings. The first-order chi connectivity index (χ1) is 17.8. The van der Waals surface area contributed by atoms with Crippen molar-refractivity contribution in [3.63, 3.8) is 0 Å². The molecule has 4 aromatic carbocycles. The third-order valence-electron chi connectivity index (χ3n) is 5.48. The highest BCUT2D eigenvalue weighted by Gasteiger charge is 2.37. The Hall–Kier alpha value is -3.94. The molecule has 4 rings (SSSR count). The van der Waals surface area contributed by atoms with Crippen molar-refractivity contribution in [2.75, 3.05) is 0 Å². The fraction of sp³-hybridized carbons (Fsp3) is 0.200. The monoisotopic (exact) mass is 532 g/mol. The van der Waals surface area contributed by atoms with Crippen molar-refractivity contribution >= 4 is 0 Å². The van der Waals surface area contributed by atoms with Crippen LogP contribution in [0.15, 0.2) is 84.9 Å². The van der Waals surface area contributed by atoms with E-state index < -0.39 is 29.4 Å². The van der Waals surface area contributed by atoms with Crippen molar-refractivity contribution in [3.05, 3.63) is 130 Å². The molecule has 0 aliphatic heterocycles. The van der Waals surface area contributed by atoms with Crippen LogP contribution in [0.3, 0.4) is 0 Å². The van der Waals surface area contributed by atoms with Gasteiger partial charge in [0.15, 0.2) is 0 Å². The SMILES string of the molecule is Cc1ccc(C(F)(F)Oc2ccc(C)c(F)c2)cc1.Cc1ccc(OC(F)(F)c2ccc(C)cc2F)cc1. The summed E-state index contributed by atoms with van der Waals surface area (Å²) in [5, 5.41) is 0. The van der Waals surface area contributed by atoms with Gasteiger partial charge in [-0.25, -0.2) is 8.78 Å². The van der Waals surface area contributed by atoms with Crippen LogP contribution in [0, 0.1) is 39.3 Å². The lowest BCUT2D eigenvalue weighted by atomic mass is 10.1. The van der Waals surface area contributed by atoms with E-state index in [9.17, 15) is 26.3 Å². The molecule has 0 fully saturated rings. The molecule has 200 valence electrons. The molecule has 2 nitrogen and oxygen atoms in total. The normalized spacial score (nSPS) is 11.4. The molecule has 0 saturated carbocycles. The van der Waals surface area contributed by atoms with Crippen LogP contribution >= 0.6 is 0 Å². The van der Waals surface area contributed by atoms with Crippen LogP contribution in [-0.4, -0.2) is 0 Å². The second-order valence-electron chi connectivity index (χ2n) is 8.81. The Morgan fingerprint density at radius 1 is 0.500 bits per heavy atom. The predicted octanol–water partition coefficient (Wildman–Crippen LogP) is 9.14. The van der Waals surface area contributed by atoms with Gasteiger partial charge in [0, 0.05) is 6.07 Å². The van der Waals surface area contributed by atoms with E-state index in [4.69, 9.17) is 0 Å². The Bertz CT molecular complexity index is 1370. The highest BCUT2D eigenvalue weighted by atomic mass is 19.3. The molecule has 0 aliphatic carbocycles. The fourth-order valence-electron chi connectivity index (χ4n) is 3.26. The van der Waals surface area contributed by atoms with E-state index in [1.54, 1.807) is 45.0 Å². The number of ether oxygens (including phenoxy) is 2. The van der Waals surface area contributed by atoms with Gasteiger partial charge in [-0.3, -0.25) is 0 Å². The van der Waals surface area contributed by atoms with Gasteiger partial charge in [-0.15, -0.1) is 0 Å². The summed E-state index contributed by atoms with van der Waals surface area (Å²) in [5.74, 6) is -1.75. The number of aryl methyl sites for hydroxylation is 4. The van der Waals surface area contributed by atoms with E-state index in [-0.39, 0.29) is 17.1 Å². The van der Waals surface area contributed by atoms with Crippen LogP contribution in [0.4, 0.5) is 26.3 Å². The number of halogens is 6. The van der Waals surface area contributed by atoms with E-state index in [0.29, 0.717) is 11.1 Å². The minimum Gasteiger partial charge on any atom is -0.429 e. The number of rotatable bonds is 6. The highest BCUT2D eigenvalue weighted by Crippen LogP contribution is 2.34. The average Bonchev–Trinajstić information content (AvgIpc) is 2.83. The van der Waals surface area contributed by atoms with E-state index >= 15 is 0 Å². The summed E-state index contributed by atoms with van der Waals surface area (Å²) in [6.07, 6.45) is -7.19. The summed E-state index contributed by atoms with van der Waals surface area (Å²) in [6, 6.07) is 19.1. The predicted molar refractivity (Wildman–Crippen MR) is 134 cm³/mol. The number of benzene rings is 4. The van der Waals surface area contributed by atoms with Crippen molar-refractivity contribution in [1.29, 1.82) is 0 Å². The van der Waals surface area contributed by atoms with Gasteiger partial charge in [0.25, 0.3) is 0 Å². The maximum Gasteiger partial charge on any atom is 0.429 e. The average molecular weight is 533 g/mol. The van der Waals surface area contributed by atoms with E-state index in [1.807, 2.05) is 6.92 Å². The van der Waals surface area contributed by atoms with E-state index in [1.165, 1.54) is 42.5 Å². The summed E-state index contributed by atoms with van der Waals surface area (Å²) < 4.78 is 91.5. The lowest BCUT2D eigenvalue weighted by Gasteiger charge is -2.19. The fourth-order valence-corrected chi connectivity index (χ4v) is 3.26. The minimum absolute atomic E-state index is 0.00410. The van der Waals surface area contributed by atoms with Crippen LogP contribution in [0.1, 0.15) is 33.4 Å². The molecule has 0 saturated heterocycles. The standard InChI is InChI=1S/2C15H13F3O/c1-10-3-6-12(7-4-10)15(17,18)19-13-8-5-11(2)14(16)9-13;1-10-3-6-12(7-4-10)19-15(17,18)13-8-5-11(2)9-14(13)16/h2*3-9H,1-2H3. The first-order valence-corrected chi connectivity index (χ1v) is 11.6. The Kier molecular flexibility index (Phi) is 8.76. The summed E-state index contributed by atoms with van der Waals surface area (Å²) in [4.78, 5) is 0. The Balaban J connectivity index is 0.000000211. The third kappa shape index (κ3) is 7.54. The molecule has 0 spiro atoms. The van der Waals surface area contributed by atoms with Gasteiger partial charge in [0.05, 0.1) is 11.1 Å². The number of hydrogen-bond acceptors (Lipinski definition) is 2. The highest BCUT2D eigenvalue weighted by molar-refractivity contribution is 5.31. The molecule has 0 atom stereocenters. The van der Waals surface area contributed by atoms with Gasteiger partial charge in [-0.1, -0.05) is 47.5 Å². The van der Waals surface area contributed by atoms with E-state index in [2.05, 4.69) is 9.47 Å². The molecule has 0 aromatic heterocycles. The molecular weight excluding hydrogens is 506 g/mol. The van der Waals surface area contributed by atoms with Crippen LogP contribution in [-0.2, 0) is 12.2 Å². The van der Waals surface area contributed by atoms with Crippen LogP contribution < -0.4 is 9.47 Å². The topological polar surface area (TPSA) is 18.5 Å². The molecule has 4 aromatic rings. The van der Waals surface area contributed by atoms with E-state index in [0.717, 1.165) is 29.3 Å². The number of hydrogen-bond donors (Lipinski definition) is 0. The van der Waals surface area contributed by atoms with Crippen molar-refractivity contribution in [3.8, 4) is 11.5 Å². The Morgan fingerprint density at radius 3 is 1.55 bits per heavy atom. The maximum absolute atomic E-state index is 13.9. The van der Waals surface area contributed by atoms with Crippen molar-refractivity contribution in [2.45, 2.75) is 39.9 Å². The smallest absolute Gasteiger partial charge is 0.429 e. The van der Waals surface area contributed by atoms with Gasteiger partial charge < -0.3 is 9.47 Å². The van der Waals surface area contributed by atoms with Crippen molar-refractivity contribution in [2.24, 2.45) is 0 Å². The van der Waals surface area contributed by atoms with Gasteiger partial charge in [-0.05, 0) is 81.3 Å². The zero-order chi connectivity index (χ0) is 28.1. The minimum atomic E-state index is -3.70. The molecule has 0 amide bonds. The molecule has 0 N–H and O–H groups in total. The quantitative estimate of drug-likeness (QED) is 0.231. The van der Waals surface area contributed by atoms with Gasteiger partial charge >= 0.3 is 12.2 Å². The van der Waals surface area contributed by atoms with Gasteiger partial charge in [0.1, 0.15) is 23.1 Å². The van der Waals surface area contributed by atoms with Crippen molar-refractivity contribution < 1.29 is 35.8 Å². The molecule has 0 bridgehead atoms. The molecule has 0 unspecified atom stereocenters. The lowest BCUT2D eigenvalue weighted by molar-refractivity contribution is -0.187. The first-order valence-electron chi connectivity index (χ1n) is 11.6. The van der Waals surface area contributed by atoms with Crippen molar-refractivity contribution in [1.82, 2.24) is 0 Å². The Morgan fingerprint density at radius 2 is 1.00 bits per heavy atom. The molecule has 0 heterocycles. The third-order valence-corrected chi connectivity index (χ3v) is 5.48. The largest absolute Gasteiger partial charge is 0.429 e. The molecular formula is C30H26F6O2. The number of alkyl halides is 4. The zero-order valence-electron chi connectivity index (χ0n) is 21.2. The molecule has 0 radical (unpaired) electrons. The Labute approximate surface area is 217 Å². The zero-order valence-corrected chi connectivity index (χ0v) is 21.2.